The van der Waals surface area contributed by atoms with Gasteiger partial charge in [-0.15, -0.1) is 0 Å². The minimum absolute atomic E-state index is 0.0987. The Morgan fingerprint density at radius 2 is 1.71 bits per heavy atom. The van der Waals surface area contributed by atoms with Crippen LogP contribution >= 0.6 is 0 Å². The van der Waals surface area contributed by atoms with E-state index in [-0.39, 0.29) is 12.2 Å². The van der Waals surface area contributed by atoms with Crippen LogP contribution in [0.3, 0.4) is 0 Å². The summed E-state index contributed by atoms with van der Waals surface area (Å²) < 4.78 is 5.55. The molecule has 2 fully saturated rings. The molecule has 0 unspecified atom stereocenters. The average Bonchev–Trinajstić information content (AvgIpc) is 2.33. The van der Waals surface area contributed by atoms with E-state index >= 15 is 0 Å². The highest BCUT2D eigenvalue weighted by molar-refractivity contribution is 5.67. The van der Waals surface area contributed by atoms with E-state index < -0.39 is 0 Å². The van der Waals surface area contributed by atoms with Gasteiger partial charge in [-0.1, -0.05) is 6.92 Å². The summed E-state index contributed by atoms with van der Waals surface area (Å²) in [7, 11) is 0. The Morgan fingerprint density at radius 3 is 2.29 bits per heavy atom. The van der Waals surface area contributed by atoms with Crippen LogP contribution in [0.5, 0.6) is 0 Å². The first-order valence-electron chi connectivity index (χ1n) is 6.86. The standard InChI is InChI=1S/C13H24N2O2/c1-10-6-8-15(9-7-10)13(16)17-12-4-2-11(14)3-5-12/h10-12H,2-9,14H2,1H3. The van der Waals surface area contributed by atoms with Crippen molar-refractivity contribution >= 4 is 6.09 Å². The van der Waals surface area contributed by atoms with Crippen molar-refractivity contribution in [1.29, 1.82) is 0 Å². The Labute approximate surface area is 103 Å². The average molecular weight is 240 g/mol. The van der Waals surface area contributed by atoms with Crippen molar-refractivity contribution in [2.45, 2.75) is 57.6 Å². The van der Waals surface area contributed by atoms with E-state index in [0.29, 0.717) is 6.04 Å². The molecule has 2 aliphatic rings. The molecule has 98 valence electrons. The van der Waals surface area contributed by atoms with E-state index in [1.54, 1.807) is 0 Å². The Balaban J connectivity index is 1.73. The van der Waals surface area contributed by atoms with Crippen molar-refractivity contribution < 1.29 is 9.53 Å². The fourth-order valence-corrected chi connectivity index (χ4v) is 2.61. The third-order valence-electron chi connectivity index (χ3n) is 4.03. The van der Waals surface area contributed by atoms with Crippen molar-refractivity contribution in [3.05, 3.63) is 0 Å². The Hall–Kier alpha value is -0.770. The number of hydrogen-bond donors (Lipinski definition) is 1. The van der Waals surface area contributed by atoms with Gasteiger partial charge in [0.05, 0.1) is 0 Å². The third kappa shape index (κ3) is 3.60. The second-order valence-electron chi connectivity index (χ2n) is 5.59. The van der Waals surface area contributed by atoms with Crippen LogP contribution in [0.2, 0.25) is 0 Å². The van der Waals surface area contributed by atoms with Crippen molar-refractivity contribution in [1.82, 2.24) is 4.90 Å². The molecule has 4 heteroatoms. The minimum atomic E-state index is -0.114. The van der Waals surface area contributed by atoms with Crippen LogP contribution < -0.4 is 5.73 Å². The molecule has 17 heavy (non-hydrogen) atoms. The molecule has 1 heterocycles. The fraction of sp³-hybridized carbons (Fsp3) is 0.923. The molecule has 1 saturated carbocycles. The number of likely N-dealkylation sites (tertiary alicyclic amines) is 1. The molecular weight excluding hydrogens is 216 g/mol. The van der Waals surface area contributed by atoms with Gasteiger partial charge >= 0.3 is 6.09 Å². The number of ether oxygens (including phenoxy) is 1. The first-order valence-corrected chi connectivity index (χ1v) is 6.86. The highest BCUT2D eigenvalue weighted by atomic mass is 16.6. The smallest absolute Gasteiger partial charge is 0.410 e. The second kappa shape index (κ2) is 5.71. The maximum absolute atomic E-state index is 11.9. The number of amides is 1. The molecule has 0 atom stereocenters. The predicted molar refractivity (Wildman–Crippen MR) is 66.7 cm³/mol. The molecule has 4 nitrogen and oxygen atoms in total. The van der Waals surface area contributed by atoms with Crippen LogP contribution in [-0.2, 0) is 4.74 Å². The highest BCUT2D eigenvalue weighted by Crippen LogP contribution is 2.22. The molecule has 0 aromatic rings. The molecule has 0 aromatic heterocycles. The van der Waals surface area contributed by atoms with Crippen molar-refractivity contribution in [3.63, 3.8) is 0 Å². The monoisotopic (exact) mass is 240 g/mol. The first-order chi connectivity index (χ1) is 8.15. The van der Waals surface area contributed by atoms with E-state index in [2.05, 4.69) is 6.92 Å². The van der Waals surface area contributed by atoms with E-state index in [4.69, 9.17) is 10.5 Å². The minimum Gasteiger partial charge on any atom is -0.446 e. The molecule has 0 spiro atoms. The zero-order valence-electron chi connectivity index (χ0n) is 10.7. The highest BCUT2D eigenvalue weighted by Gasteiger charge is 2.26. The molecule has 0 radical (unpaired) electrons. The summed E-state index contributed by atoms with van der Waals surface area (Å²) in [4.78, 5) is 13.8. The Bertz CT molecular complexity index is 254. The van der Waals surface area contributed by atoms with Gasteiger partial charge in [-0.25, -0.2) is 4.79 Å². The number of nitrogens with two attached hydrogens (primary N) is 1. The Morgan fingerprint density at radius 1 is 1.12 bits per heavy atom. The van der Waals surface area contributed by atoms with Crippen molar-refractivity contribution in [2.75, 3.05) is 13.1 Å². The maximum Gasteiger partial charge on any atom is 0.410 e. The molecule has 0 aromatic carbocycles. The number of nitrogens with zero attached hydrogens (tertiary/aromatic N) is 1. The lowest BCUT2D eigenvalue weighted by Gasteiger charge is -2.32. The quantitative estimate of drug-likeness (QED) is 0.764. The van der Waals surface area contributed by atoms with Crippen LogP contribution in [0.25, 0.3) is 0 Å². The van der Waals surface area contributed by atoms with Crippen molar-refractivity contribution in [2.24, 2.45) is 11.7 Å². The number of hydrogen-bond acceptors (Lipinski definition) is 3. The van der Waals surface area contributed by atoms with Gasteiger partial charge < -0.3 is 15.4 Å². The molecule has 1 aliphatic carbocycles. The van der Waals surface area contributed by atoms with Gasteiger partial charge in [0.15, 0.2) is 0 Å². The zero-order valence-corrected chi connectivity index (χ0v) is 10.7. The zero-order chi connectivity index (χ0) is 12.3. The number of rotatable bonds is 1. The molecule has 2 rings (SSSR count). The summed E-state index contributed by atoms with van der Waals surface area (Å²) in [5.41, 5.74) is 5.83. The van der Waals surface area contributed by atoms with E-state index in [9.17, 15) is 4.79 Å². The van der Waals surface area contributed by atoms with Crippen LogP contribution in [-0.4, -0.2) is 36.2 Å². The van der Waals surface area contributed by atoms with Gasteiger partial charge in [0.1, 0.15) is 6.10 Å². The van der Waals surface area contributed by atoms with Crippen LogP contribution in [0.4, 0.5) is 4.79 Å². The second-order valence-corrected chi connectivity index (χ2v) is 5.59. The third-order valence-corrected chi connectivity index (χ3v) is 4.03. The van der Waals surface area contributed by atoms with E-state index in [0.717, 1.165) is 57.5 Å². The van der Waals surface area contributed by atoms with E-state index in [1.165, 1.54) is 0 Å². The number of carbonyl (C=O) groups excluding carboxylic acids is 1. The molecular formula is C13H24N2O2. The summed E-state index contributed by atoms with van der Waals surface area (Å²) in [6.45, 7) is 3.95. The summed E-state index contributed by atoms with van der Waals surface area (Å²) in [5, 5.41) is 0. The number of piperidine rings is 1. The maximum atomic E-state index is 11.9. The van der Waals surface area contributed by atoms with Crippen LogP contribution in [0.1, 0.15) is 45.4 Å². The van der Waals surface area contributed by atoms with Crippen molar-refractivity contribution in [3.8, 4) is 0 Å². The van der Waals surface area contributed by atoms with Gasteiger partial charge in [-0.05, 0) is 44.4 Å². The summed E-state index contributed by atoms with van der Waals surface area (Å²) in [6, 6.07) is 0.306. The topological polar surface area (TPSA) is 55.6 Å². The molecule has 1 amide bonds. The lowest BCUT2D eigenvalue weighted by Crippen LogP contribution is -2.41. The number of carbonyl (C=O) groups is 1. The fourth-order valence-electron chi connectivity index (χ4n) is 2.61. The Kier molecular flexibility index (Phi) is 4.26. The van der Waals surface area contributed by atoms with Crippen LogP contribution in [0, 0.1) is 5.92 Å². The summed E-state index contributed by atoms with van der Waals surface area (Å²) >= 11 is 0. The normalized spacial score (nSPS) is 31.3. The largest absolute Gasteiger partial charge is 0.446 e. The van der Waals surface area contributed by atoms with Gasteiger partial charge in [0.2, 0.25) is 0 Å². The summed E-state index contributed by atoms with van der Waals surface area (Å²) in [6.07, 6.45) is 6.01. The first kappa shape index (κ1) is 12.7. The van der Waals surface area contributed by atoms with E-state index in [1.807, 2.05) is 4.90 Å². The molecule has 1 aliphatic heterocycles. The van der Waals surface area contributed by atoms with Crippen LogP contribution in [0.15, 0.2) is 0 Å². The van der Waals surface area contributed by atoms with Gasteiger partial charge in [0.25, 0.3) is 0 Å². The molecule has 0 bridgehead atoms. The molecule has 2 N–H and O–H groups in total. The van der Waals surface area contributed by atoms with Gasteiger partial charge in [-0.2, -0.15) is 0 Å². The lowest BCUT2D eigenvalue weighted by molar-refractivity contribution is 0.0364. The SMILES string of the molecule is CC1CCN(C(=O)OC2CCC(N)CC2)CC1. The molecule has 1 saturated heterocycles. The predicted octanol–water partition coefficient (Wildman–Crippen LogP) is 2.12. The van der Waals surface area contributed by atoms with Gasteiger partial charge in [-0.3, -0.25) is 0 Å². The lowest BCUT2D eigenvalue weighted by atomic mass is 9.94. The van der Waals surface area contributed by atoms with Gasteiger partial charge in [0, 0.05) is 19.1 Å². The summed E-state index contributed by atoms with van der Waals surface area (Å²) in [5.74, 6) is 0.742.